The lowest BCUT2D eigenvalue weighted by Crippen LogP contribution is -2.67. The van der Waals surface area contributed by atoms with E-state index in [4.69, 9.17) is 8.85 Å². The molecule has 4 nitrogen and oxygen atoms in total. The molecule has 0 bridgehead atoms. The summed E-state index contributed by atoms with van der Waals surface area (Å²) in [4.78, 5) is 0. The summed E-state index contributed by atoms with van der Waals surface area (Å²) in [6.45, 7) is 23.6. The van der Waals surface area contributed by atoms with Gasteiger partial charge >= 0.3 is 0 Å². The second kappa shape index (κ2) is 55.7. The predicted octanol–water partition coefficient (Wildman–Crippen LogP) is 25.7. The fraction of sp³-hybridized carbons (Fsp3) is 0.705. The van der Waals surface area contributed by atoms with Gasteiger partial charge in [0.1, 0.15) is 0 Å². The first-order valence-corrected chi connectivity index (χ1v) is 43.1. The van der Waals surface area contributed by atoms with Gasteiger partial charge in [-0.2, -0.15) is 0 Å². The fourth-order valence-corrected chi connectivity index (χ4v) is 23.8. The van der Waals surface area contributed by atoms with Crippen molar-refractivity contribution in [3.05, 3.63) is 133 Å². The maximum absolute atomic E-state index is 10.4. The van der Waals surface area contributed by atoms with Gasteiger partial charge in [-0.05, 0) is 95.0 Å². The SMILES string of the molecule is C.C.CCCCCCC/C=C\CCCCCCCCC(CCCCCCCCC)O[Si](c1ccccc1)(c1ccccc1)C(C)(C)C.CCCCCCCCCC(CCCCCCCCC(O)C(O)CCCCCCC)O[Si](c1ccccc1)(c1ccccc1)C(C)(C)C. The second-order valence-corrected chi connectivity index (χ2v) is 38.5. The third kappa shape index (κ3) is 36.1. The molecule has 0 aliphatic rings. The van der Waals surface area contributed by atoms with Crippen molar-refractivity contribution in [3.8, 4) is 0 Å². The average Bonchev–Trinajstić information content (AvgIpc) is 0.756. The van der Waals surface area contributed by atoms with Crippen molar-refractivity contribution in [1.82, 2.24) is 0 Å². The lowest BCUT2D eigenvalue weighted by Gasteiger charge is -2.45. The van der Waals surface area contributed by atoms with E-state index in [1.165, 1.54) is 258 Å². The maximum atomic E-state index is 10.4. The summed E-state index contributed by atoms with van der Waals surface area (Å²) in [5.74, 6) is 0. The van der Waals surface area contributed by atoms with Crippen LogP contribution < -0.4 is 20.7 Å². The predicted molar refractivity (Wildman–Crippen MR) is 425 cm³/mol. The van der Waals surface area contributed by atoms with Gasteiger partial charge in [0, 0.05) is 12.2 Å². The molecule has 538 valence electrons. The van der Waals surface area contributed by atoms with Crippen LogP contribution in [0.1, 0.15) is 367 Å². The van der Waals surface area contributed by atoms with E-state index in [1.54, 1.807) is 0 Å². The number of rotatable bonds is 55. The van der Waals surface area contributed by atoms with Crippen LogP contribution in [0.25, 0.3) is 0 Å². The van der Waals surface area contributed by atoms with E-state index < -0.39 is 28.8 Å². The minimum Gasteiger partial charge on any atom is -0.404 e. The standard InChI is InChI=1S/C43H74O3Si.C43H72OSi.2CH4/c1-6-8-10-12-13-17-22-30-38(31-23-18-14-15-19-29-37-42(45)41(44)36-28-16-11-9-7-2)46-47(43(3,4)5,39-32-24-20-25-33-39)40-34-26-21-27-35-40;1-6-8-10-12-14-15-16-17-18-19-20-21-23-25-29-35-40(34-28-24-22-13-11-9-7-2)44-45(43(3,4)5,41-36-30-26-31-37-41)42-38-32-27-33-39-42;;/h20-21,24-27,32-35,38,41-42,44-45H,6-19,22-23,28-31,36-37H2,1-5H3;16-17,26-27,30-33,36-40H,6-15,18-25,28-29,34-35H2,1-5H3;2*1H4/b;17-16-;;. The van der Waals surface area contributed by atoms with Gasteiger partial charge in [0.25, 0.3) is 16.6 Å². The molecule has 0 saturated carbocycles. The summed E-state index contributed by atoms with van der Waals surface area (Å²) in [5.41, 5.74) is 0. The number of aliphatic hydroxyl groups excluding tert-OH is 2. The van der Waals surface area contributed by atoms with Gasteiger partial charge in [0.15, 0.2) is 0 Å². The van der Waals surface area contributed by atoms with Crippen molar-refractivity contribution < 1.29 is 19.1 Å². The number of unbranched alkanes of at least 4 members (excludes halogenated alkanes) is 32. The molecule has 4 aromatic carbocycles. The van der Waals surface area contributed by atoms with Crippen molar-refractivity contribution in [1.29, 1.82) is 0 Å². The molecule has 4 aromatic rings. The van der Waals surface area contributed by atoms with Crippen LogP contribution in [0.4, 0.5) is 0 Å². The molecule has 4 atom stereocenters. The summed E-state index contributed by atoms with van der Waals surface area (Å²) in [5, 5.41) is 26.4. The summed E-state index contributed by atoms with van der Waals surface area (Å²) < 4.78 is 15.3. The zero-order chi connectivity index (χ0) is 66.7. The van der Waals surface area contributed by atoms with E-state index in [2.05, 4.69) is 203 Å². The lowest BCUT2D eigenvalue weighted by molar-refractivity contribution is 0.00712. The van der Waals surface area contributed by atoms with Crippen molar-refractivity contribution in [3.63, 3.8) is 0 Å². The van der Waals surface area contributed by atoms with Crippen LogP contribution in [0.3, 0.4) is 0 Å². The second-order valence-electron chi connectivity index (χ2n) is 30.0. The number of hydrogen-bond donors (Lipinski definition) is 2. The molecule has 2 N–H and O–H groups in total. The van der Waals surface area contributed by atoms with Crippen LogP contribution in [0.2, 0.25) is 10.1 Å². The Bertz CT molecular complexity index is 2200. The van der Waals surface area contributed by atoms with Gasteiger partial charge in [0.05, 0.1) is 12.2 Å². The molecule has 94 heavy (non-hydrogen) atoms. The molecule has 0 heterocycles. The van der Waals surface area contributed by atoms with Gasteiger partial charge in [-0.15, -0.1) is 0 Å². The third-order valence-electron chi connectivity index (χ3n) is 19.9. The summed E-state index contributed by atoms with van der Waals surface area (Å²) in [6.07, 6.45) is 59.9. The molecule has 0 aliphatic carbocycles. The molecule has 0 radical (unpaired) electrons. The first kappa shape index (κ1) is 88.9. The van der Waals surface area contributed by atoms with Crippen molar-refractivity contribution in [2.45, 2.75) is 401 Å². The zero-order valence-corrected chi connectivity index (χ0v) is 63.8. The molecule has 0 aromatic heterocycles. The minimum atomic E-state index is -2.56. The minimum absolute atomic E-state index is 0. The first-order valence-electron chi connectivity index (χ1n) is 39.3. The summed E-state index contributed by atoms with van der Waals surface area (Å²) in [7, 11) is -5.08. The van der Waals surface area contributed by atoms with Crippen molar-refractivity contribution >= 4 is 37.4 Å². The van der Waals surface area contributed by atoms with Crippen LogP contribution in [0.5, 0.6) is 0 Å². The Kier molecular flexibility index (Phi) is 52.7. The summed E-state index contributed by atoms with van der Waals surface area (Å²) >= 11 is 0. The molecule has 0 aliphatic heterocycles. The Hall–Kier alpha value is -3.11. The molecule has 4 unspecified atom stereocenters. The van der Waals surface area contributed by atoms with E-state index in [1.807, 2.05) is 0 Å². The van der Waals surface area contributed by atoms with Crippen LogP contribution in [0.15, 0.2) is 133 Å². The average molecular weight is 1330 g/mol. The third-order valence-corrected chi connectivity index (χ3v) is 30.1. The lowest BCUT2D eigenvalue weighted by atomic mass is 9.99. The molecule has 4 rings (SSSR count). The smallest absolute Gasteiger partial charge is 0.261 e. The molecule has 0 saturated heterocycles. The van der Waals surface area contributed by atoms with Gasteiger partial charge in [0.2, 0.25) is 0 Å². The highest BCUT2D eigenvalue weighted by Gasteiger charge is 2.52. The van der Waals surface area contributed by atoms with Crippen molar-refractivity contribution in [2.24, 2.45) is 0 Å². The highest BCUT2D eigenvalue weighted by Crippen LogP contribution is 2.40. The highest BCUT2D eigenvalue weighted by molar-refractivity contribution is 7.00. The van der Waals surface area contributed by atoms with Crippen LogP contribution in [-0.4, -0.2) is 51.3 Å². The molecule has 0 amide bonds. The van der Waals surface area contributed by atoms with Gasteiger partial charge in [-0.3, -0.25) is 0 Å². The Labute approximate surface area is 587 Å². The Balaban J connectivity index is 0.000000921. The van der Waals surface area contributed by atoms with Crippen LogP contribution in [0, 0.1) is 0 Å². The highest BCUT2D eigenvalue weighted by atomic mass is 28.4. The monoisotopic (exact) mass is 1330 g/mol. The first-order chi connectivity index (χ1) is 44.7. The van der Waals surface area contributed by atoms with E-state index >= 15 is 0 Å². The van der Waals surface area contributed by atoms with Crippen LogP contribution in [-0.2, 0) is 8.85 Å². The fourth-order valence-electron chi connectivity index (χ4n) is 14.3. The topological polar surface area (TPSA) is 58.9 Å². The number of hydrogen-bond acceptors (Lipinski definition) is 4. The normalized spacial score (nSPS) is 13.4. The van der Waals surface area contributed by atoms with E-state index in [9.17, 15) is 10.2 Å². The maximum Gasteiger partial charge on any atom is 0.261 e. The van der Waals surface area contributed by atoms with Crippen molar-refractivity contribution in [2.75, 3.05) is 0 Å². The summed E-state index contributed by atoms with van der Waals surface area (Å²) in [6, 6.07) is 44.8. The number of allylic oxidation sites excluding steroid dienone is 2. The Morgan fingerprint density at radius 1 is 0.287 bits per heavy atom. The molecule has 6 heteroatoms. The quantitative estimate of drug-likeness (QED) is 0.0263. The van der Waals surface area contributed by atoms with Gasteiger partial charge in [-0.25, -0.2) is 0 Å². The number of benzene rings is 4. The molecule has 0 fully saturated rings. The molecular weight excluding hydrogens is 1180 g/mol. The zero-order valence-electron chi connectivity index (χ0n) is 61.8. The molecule has 0 spiro atoms. The Morgan fingerprint density at radius 3 is 0.691 bits per heavy atom. The Morgan fingerprint density at radius 2 is 0.479 bits per heavy atom. The van der Waals surface area contributed by atoms with Gasteiger partial charge in [-0.1, -0.05) is 436 Å². The number of aliphatic hydroxyl groups is 2. The van der Waals surface area contributed by atoms with Crippen LogP contribution >= 0.6 is 0 Å². The van der Waals surface area contributed by atoms with Gasteiger partial charge < -0.3 is 19.1 Å². The van der Waals surface area contributed by atoms with E-state index in [0.717, 1.165) is 44.9 Å². The van der Waals surface area contributed by atoms with E-state index in [0.29, 0.717) is 6.10 Å². The van der Waals surface area contributed by atoms with E-state index in [-0.39, 0.29) is 31.0 Å². The molecular formula is C88H154O4Si2. The largest absolute Gasteiger partial charge is 0.404 e.